The highest BCUT2D eigenvalue weighted by Gasteiger charge is 2.39. The van der Waals surface area contributed by atoms with Crippen LogP contribution in [0.25, 0.3) is 5.65 Å². The lowest BCUT2D eigenvalue weighted by molar-refractivity contribution is -0.723. The Morgan fingerprint density at radius 1 is 1.18 bits per heavy atom. The molecule has 0 amide bonds. The highest BCUT2D eigenvalue weighted by Crippen LogP contribution is 2.33. The molecule has 2 heterocycles. The van der Waals surface area contributed by atoms with Crippen LogP contribution < -0.4 is 19.9 Å². The van der Waals surface area contributed by atoms with Crippen LogP contribution in [-0.2, 0) is 18.1 Å². The largest absolute Gasteiger partial charge is 0.491 e. The van der Waals surface area contributed by atoms with Gasteiger partial charge in [0.25, 0.3) is 5.65 Å². The number of carbonyl (C=O) groups excluding carboxylic acids is 1. The number of nitrogens with two attached hydrogens (primary N) is 1. The molecule has 0 aliphatic carbocycles. The Labute approximate surface area is 193 Å². The van der Waals surface area contributed by atoms with E-state index in [0.717, 1.165) is 20.8 Å². The number of hydrogen-bond acceptors (Lipinski definition) is 7. The molecule has 34 heavy (non-hydrogen) atoms. The number of Topliss-reactive ketones (excluding diaryl/α,β-unsaturated/α-hetero) is 1. The standard InChI is InChI=1S/C22H26F3N5O4/c1-5-33-18-11-16(22(23,24)25)19-28-29(20(26)30(19)27-18)12-17(32)13-8-14(21(2,3)4)10-15(9-13)34-7-6-31/h8-11,26,31H,5-7,12H2,1-4H3/p+1. The molecule has 2 aromatic heterocycles. The van der Waals surface area contributed by atoms with Gasteiger partial charge < -0.3 is 14.6 Å². The van der Waals surface area contributed by atoms with E-state index in [1.165, 1.54) is 6.07 Å². The lowest BCUT2D eigenvalue weighted by Crippen LogP contribution is -2.42. The highest BCUT2D eigenvalue weighted by molar-refractivity contribution is 5.95. The van der Waals surface area contributed by atoms with Gasteiger partial charge in [0, 0.05) is 11.6 Å². The molecular formula is C22H27F3N5O4+. The third kappa shape index (κ3) is 5.38. The van der Waals surface area contributed by atoms with E-state index < -0.39 is 29.7 Å². The van der Waals surface area contributed by atoms with E-state index in [9.17, 15) is 18.0 Å². The molecule has 12 heteroatoms. The minimum Gasteiger partial charge on any atom is -0.491 e. The molecule has 184 valence electrons. The molecule has 0 atom stereocenters. The zero-order valence-electron chi connectivity index (χ0n) is 19.3. The number of nitrogens with zero attached hydrogens (tertiary/aromatic N) is 4. The second-order valence-electron chi connectivity index (χ2n) is 8.57. The third-order valence-corrected chi connectivity index (χ3v) is 4.95. The molecular weight excluding hydrogens is 455 g/mol. The summed E-state index contributed by atoms with van der Waals surface area (Å²) in [6, 6.07) is 5.71. The van der Waals surface area contributed by atoms with E-state index in [4.69, 9.17) is 20.3 Å². The first-order valence-corrected chi connectivity index (χ1v) is 10.6. The smallest absolute Gasteiger partial charge is 0.421 e. The number of aliphatic hydroxyl groups excluding tert-OH is 1. The first-order valence-electron chi connectivity index (χ1n) is 10.6. The number of aliphatic hydroxyl groups is 1. The van der Waals surface area contributed by atoms with Crippen LogP contribution in [-0.4, -0.2) is 45.4 Å². The van der Waals surface area contributed by atoms with Gasteiger partial charge >= 0.3 is 12.1 Å². The van der Waals surface area contributed by atoms with Gasteiger partial charge in [-0.2, -0.15) is 13.2 Å². The van der Waals surface area contributed by atoms with Gasteiger partial charge in [-0.25, -0.2) is 0 Å². The van der Waals surface area contributed by atoms with Crippen LogP contribution in [0.2, 0.25) is 0 Å². The third-order valence-electron chi connectivity index (χ3n) is 4.95. The fourth-order valence-electron chi connectivity index (χ4n) is 3.22. The quantitative estimate of drug-likeness (QED) is 0.375. The highest BCUT2D eigenvalue weighted by atomic mass is 19.4. The topological polar surface area (TPSA) is 116 Å². The molecule has 0 unspecified atom stereocenters. The summed E-state index contributed by atoms with van der Waals surface area (Å²) < 4.78 is 53.3. The number of fused-ring (bicyclic) bond motifs is 1. The molecule has 0 aliphatic rings. The van der Waals surface area contributed by atoms with Gasteiger partial charge in [-0.1, -0.05) is 35.5 Å². The summed E-state index contributed by atoms with van der Waals surface area (Å²) in [5.41, 5.74) is 5.14. The maximum absolute atomic E-state index is 13.6. The number of ether oxygens (including phenoxy) is 2. The van der Waals surface area contributed by atoms with Gasteiger partial charge in [0.15, 0.2) is 12.3 Å². The van der Waals surface area contributed by atoms with Crippen molar-refractivity contribution in [2.75, 3.05) is 25.6 Å². The number of benzene rings is 1. The Balaban J connectivity index is 2.04. The predicted molar refractivity (Wildman–Crippen MR) is 116 cm³/mol. The molecule has 9 nitrogen and oxygen atoms in total. The lowest BCUT2D eigenvalue weighted by Gasteiger charge is -2.21. The second-order valence-corrected chi connectivity index (χ2v) is 8.57. The second kappa shape index (κ2) is 9.45. The monoisotopic (exact) mass is 482 g/mol. The van der Waals surface area contributed by atoms with Crippen molar-refractivity contribution in [1.82, 2.24) is 14.7 Å². The van der Waals surface area contributed by atoms with Crippen molar-refractivity contribution < 1.29 is 37.2 Å². The van der Waals surface area contributed by atoms with Crippen LogP contribution >= 0.6 is 0 Å². The van der Waals surface area contributed by atoms with Crippen LogP contribution in [0, 0.1) is 0 Å². The molecule has 0 aliphatic heterocycles. The number of hydrogen-bond donors (Lipinski definition) is 2. The zero-order chi connectivity index (χ0) is 25.3. The number of rotatable bonds is 8. The van der Waals surface area contributed by atoms with E-state index in [-0.39, 0.29) is 42.6 Å². The average Bonchev–Trinajstić information content (AvgIpc) is 3.05. The van der Waals surface area contributed by atoms with Gasteiger partial charge in [0.1, 0.15) is 17.9 Å². The van der Waals surface area contributed by atoms with Crippen molar-refractivity contribution in [2.24, 2.45) is 0 Å². The predicted octanol–water partition coefficient (Wildman–Crippen LogP) is 2.57. The van der Waals surface area contributed by atoms with Crippen LogP contribution in [0.15, 0.2) is 24.3 Å². The fourth-order valence-corrected chi connectivity index (χ4v) is 3.22. The summed E-state index contributed by atoms with van der Waals surface area (Å²) >= 11 is 0. The molecule has 0 spiro atoms. The number of carbonyl (C=O) groups is 1. The number of alkyl halides is 3. The summed E-state index contributed by atoms with van der Waals surface area (Å²) in [5.74, 6) is -0.591. The molecule has 3 aromatic rings. The summed E-state index contributed by atoms with van der Waals surface area (Å²) in [6.45, 7) is 7.01. The average molecular weight is 482 g/mol. The van der Waals surface area contributed by atoms with Crippen molar-refractivity contribution >= 4 is 17.4 Å². The van der Waals surface area contributed by atoms with Crippen LogP contribution in [0.5, 0.6) is 11.6 Å². The number of ketones is 1. The van der Waals surface area contributed by atoms with Gasteiger partial charge in [0.05, 0.1) is 13.2 Å². The Kier molecular flexibility index (Phi) is 7.01. The molecule has 0 radical (unpaired) electrons. The van der Waals surface area contributed by atoms with Gasteiger partial charge in [-0.3, -0.25) is 10.5 Å². The number of anilines is 1. The van der Waals surface area contributed by atoms with E-state index in [1.807, 2.05) is 20.8 Å². The Bertz CT molecular complexity index is 1200. The van der Waals surface area contributed by atoms with Crippen LogP contribution in [0.4, 0.5) is 19.1 Å². The molecule has 0 fully saturated rings. The number of nitrogen functional groups attached to an aromatic ring is 1. The van der Waals surface area contributed by atoms with Gasteiger partial charge in [-0.05, 0) is 36.1 Å². The maximum Gasteiger partial charge on any atom is 0.421 e. The molecule has 0 saturated carbocycles. The Morgan fingerprint density at radius 2 is 1.88 bits per heavy atom. The minimum atomic E-state index is -4.74. The normalized spacial score (nSPS) is 12.2. The summed E-state index contributed by atoms with van der Waals surface area (Å²) in [6.07, 6.45) is -4.74. The van der Waals surface area contributed by atoms with Crippen LogP contribution in [0.1, 0.15) is 49.2 Å². The number of aromatic nitrogens is 4. The summed E-state index contributed by atoms with van der Waals surface area (Å²) in [4.78, 5) is 13.1. The first-order chi connectivity index (χ1) is 15.8. The Morgan fingerprint density at radius 3 is 2.47 bits per heavy atom. The molecule has 0 saturated heterocycles. The maximum atomic E-state index is 13.6. The Hall–Kier alpha value is -3.41. The molecule has 3 rings (SSSR count). The van der Waals surface area contributed by atoms with E-state index >= 15 is 0 Å². The van der Waals surface area contributed by atoms with Crippen molar-refractivity contribution in [3.05, 3.63) is 41.0 Å². The minimum absolute atomic E-state index is 0.0451. The van der Waals surface area contributed by atoms with Crippen molar-refractivity contribution in [3.63, 3.8) is 0 Å². The van der Waals surface area contributed by atoms with E-state index in [0.29, 0.717) is 5.75 Å². The summed E-state index contributed by atoms with van der Waals surface area (Å²) in [7, 11) is 0. The van der Waals surface area contributed by atoms with E-state index in [1.54, 1.807) is 19.1 Å². The zero-order valence-corrected chi connectivity index (χ0v) is 19.3. The molecule has 1 aromatic carbocycles. The van der Waals surface area contributed by atoms with Crippen molar-refractivity contribution in [3.8, 4) is 11.6 Å². The fraction of sp³-hybridized carbons (Fsp3) is 0.455. The summed E-state index contributed by atoms with van der Waals surface area (Å²) in [5, 5.41) is 16.9. The van der Waals surface area contributed by atoms with Crippen molar-refractivity contribution in [1.29, 1.82) is 0 Å². The van der Waals surface area contributed by atoms with Crippen molar-refractivity contribution in [2.45, 2.75) is 45.8 Å². The molecule has 0 bridgehead atoms. The van der Waals surface area contributed by atoms with Crippen LogP contribution in [0.3, 0.4) is 0 Å². The van der Waals surface area contributed by atoms with Gasteiger partial charge in [0.2, 0.25) is 5.88 Å². The SMILES string of the molecule is CCOc1cc(C(F)(F)F)c2n[n+](CC(=O)c3cc(OCCO)cc(C(C)(C)C)c3)c(N)n2n1. The van der Waals surface area contributed by atoms with E-state index in [2.05, 4.69) is 10.2 Å². The van der Waals surface area contributed by atoms with Gasteiger partial charge in [-0.15, -0.1) is 4.68 Å². The lowest BCUT2D eigenvalue weighted by atomic mass is 9.85. The number of halogens is 3. The first kappa shape index (κ1) is 25.2. The molecule has 3 N–H and O–H groups in total.